The summed E-state index contributed by atoms with van der Waals surface area (Å²) in [6.07, 6.45) is 3.97. The zero-order chi connectivity index (χ0) is 24.7. The van der Waals surface area contributed by atoms with Gasteiger partial charge in [0.05, 0.1) is 37.1 Å². The van der Waals surface area contributed by atoms with Crippen LogP contribution in [0.15, 0.2) is 59.7 Å². The molecule has 0 radical (unpaired) electrons. The Morgan fingerprint density at radius 3 is 2.72 bits per heavy atom. The molecule has 6 rings (SSSR count). The van der Waals surface area contributed by atoms with Gasteiger partial charge in [-0.2, -0.15) is 0 Å². The van der Waals surface area contributed by atoms with E-state index >= 15 is 0 Å². The van der Waals surface area contributed by atoms with Crippen LogP contribution < -0.4 is 15.0 Å². The van der Waals surface area contributed by atoms with E-state index in [2.05, 4.69) is 9.88 Å². The van der Waals surface area contributed by atoms with Crippen LogP contribution in [0.3, 0.4) is 0 Å². The van der Waals surface area contributed by atoms with Crippen molar-refractivity contribution in [1.29, 1.82) is 0 Å². The molecular formula is C27H26ClN3O4S. The zero-order valence-electron chi connectivity index (χ0n) is 19.9. The highest BCUT2D eigenvalue weighted by Gasteiger charge is 2.46. The first-order valence-electron chi connectivity index (χ1n) is 12.0. The van der Waals surface area contributed by atoms with Crippen molar-refractivity contribution in [3.8, 4) is 27.6 Å². The third-order valence-corrected chi connectivity index (χ3v) is 8.51. The van der Waals surface area contributed by atoms with E-state index in [0.717, 1.165) is 36.7 Å². The first kappa shape index (κ1) is 23.5. The Labute approximate surface area is 217 Å². The maximum absolute atomic E-state index is 13.4. The molecule has 2 aromatic carbocycles. The van der Waals surface area contributed by atoms with E-state index in [1.54, 1.807) is 18.0 Å². The van der Waals surface area contributed by atoms with Gasteiger partial charge >= 0.3 is 0 Å². The van der Waals surface area contributed by atoms with Crippen molar-refractivity contribution in [1.82, 2.24) is 14.5 Å². The van der Waals surface area contributed by atoms with E-state index in [1.807, 2.05) is 48.5 Å². The number of likely N-dealkylation sites (tertiary alicyclic amines) is 1. The third-order valence-electron chi connectivity index (χ3n) is 7.09. The average molecular weight is 524 g/mol. The number of halogens is 1. The summed E-state index contributed by atoms with van der Waals surface area (Å²) < 4.78 is 19.3. The van der Waals surface area contributed by atoms with Gasteiger partial charge in [-0.3, -0.25) is 14.3 Å². The van der Waals surface area contributed by atoms with Gasteiger partial charge in [0.15, 0.2) is 11.5 Å². The Morgan fingerprint density at radius 2 is 1.97 bits per heavy atom. The molecule has 0 saturated carbocycles. The maximum atomic E-state index is 13.4. The summed E-state index contributed by atoms with van der Waals surface area (Å²) in [5, 5.41) is 0.676. The van der Waals surface area contributed by atoms with E-state index in [1.165, 1.54) is 24.2 Å². The molecule has 0 N–H and O–H groups in total. The van der Waals surface area contributed by atoms with Crippen LogP contribution >= 0.6 is 22.9 Å². The van der Waals surface area contributed by atoms with Gasteiger partial charge in [-0.1, -0.05) is 23.7 Å². The molecule has 0 atom stereocenters. The summed E-state index contributed by atoms with van der Waals surface area (Å²) in [6.45, 7) is 4.15. The van der Waals surface area contributed by atoms with Gasteiger partial charge in [-0.15, -0.1) is 11.3 Å². The number of hydrogen-bond donors (Lipinski definition) is 0. The van der Waals surface area contributed by atoms with Crippen LogP contribution in [0.25, 0.3) is 26.3 Å². The Kier molecular flexibility index (Phi) is 6.21. The molecule has 0 bridgehead atoms. The van der Waals surface area contributed by atoms with Crippen molar-refractivity contribution in [3.63, 3.8) is 0 Å². The van der Waals surface area contributed by atoms with E-state index in [9.17, 15) is 4.79 Å². The molecule has 2 fully saturated rings. The maximum Gasteiger partial charge on any atom is 0.275 e. The minimum absolute atomic E-state index is 0.122. The Hall–Kier alpha value is -2.91. The standard InChI is InChI=1S/C27H26ClN3O4S/c1-33-23-13-20(7-8-22(23)35-12-11-30-10-2-9-27(30)15-34-16-27)31-17-29-21-14-24(36-25(21)26(31)32)18-3-5-19(28)6-4-18/h3-8,13-14,17H,2,9-12,15-16H2,1H3. The molecule has 0 amide bonds. The highest BCUT2D eigenvalue weighted by Crippen LogP contribution is 2.36. The first-order chi connectivity index (χ1) is 17.6. The van der Waals surface area contributed by atoms with Crippen molar-refractivity contribution in [2.75, 3.05) is 40.0 Å². The second kappa shape index (κ2) is 9.52. The summed E-state index contributed by atoms with van der Waals surface area (Å²) in [5.41, 5.74) is 2.45. The predicted octanol–water partition coefficient (Wildman–Crippen LogP) is 5.02. The smallest absolute Gasteiger partial charge is 0.275 e. The number of thiophene rings is 1. The van der Waals surface area contributed by atoms with Gasteiger partial charge < -0.3 is 14.2 Å². The Bertz CT molecular complexity index is 1460. The number of aromatic nitrogens is 2. The van der Waals surface area contributed by atoms with Crippen LogP contribution in [0.5, 0.6) is 11.5 Å². The highest BCUT2D eigenvalue weighted by molar-refractivity contribution is 7.22. The first-order valence-corrected chi connectivity index (χ1v) is 13.2. The van der Waals surface area contributed by atoms with Crippen molar-refractivity contribution in [3.05, 3.63) is 70.2 Å². The molecule has 7 nitrogen and oxygen atoms in total. The van der Waals surface area contributed by atoms with Gasteiger partial charge in [0.25, 0.3) is 5.56 Å². The lowest BCUT2D eigenvalue weighted by Gasteiger charge is -2.45. The molecule has 0 aliphatic carbocycles. The van der Waals surface area contributed by atoms with Crippen LogP contribution in [-0.4, -0.2) is 60.0 Å². The number of nitrogens with zero attached hydrogens (tertiary/aromatic N) is 3. The fraction of sp³-hybridized carbons (Fsp3) is 0.333. The van der Waals surface area contributed by atoms with Crippen molar-refractivity contribution in [2.45, 2.75) is 18.4 Å². The number of fused-ring (bicyclic) bond motifs is 1. The van der Waals surface area contributed by atoms with Crippen molar-refractivity contribution < 1.29 is 14.2 Å². The van der Waals surface area contributed by atoms with Gasteiger partial charge in [0.1, 0.15) is 17.6 Å². The van der Waals surface area contributed by atoms with E-state index in [-0.39, 0.29) is 11.1 Å². The van der Waals surface area contributed by atoms with Crippen molar-refractivity contribution >= 4 is 33.2 Å². The number of hydrogen-bond acceptors (Lipinski definition) is 7. The molecular weight excluding hydrogens is 498 g/mol. The number of methoxy groups -OCH3 is 1. The number of benzene rings is 2. The van der Waals surface area contributed by atoms with E-state index in [4.69, 9.17) is 25.8 Å². The molecule has 0 unspecified atom stereocenters. The topological polar surface area (TPSA) is 65.8 Å². The summed E-state index contributed by atoms with van der Waals surface area (Å²) in [6, 6.07) is 15.0. The van der Waals surface area contributed by atoms with Gasteiger partial charge in [-0.25, -0.2) is 4.98 Å². The SMILES string of the molecule is COc1cc(-n2cnc3cc(-c4ccc(Cl)cc4)sc3c2=O)ccc1OCCN1CCCC12COC2. The molecule has 2 saturated heterocycles. The molecule has 36 heavy (non-hydrogen) atoms. The lowest BCUT2D eigenvalue weighted by molar-refractivity contribution is -0.124. The van der Waals surface area contributed by atoms with Crippen LogP contribution in [-0.2, 0) is 4.74 Å². The summed E-state index contributed by atoms with van der Waals surface area (Å²) in [7, 11) is 1.61. The van der Waals surface area contributed by atoms with Crippen LogP contribution in [0, 0.1) is 0 Å². The summed E-state index contributed by atoms with van der Waals surface area (Å²) >= 11 is 7.44. The van der Waals surface area contributed by atoms with Crippen LogP contribution in [0.4, 0.5) is 0 Å². The molecule has 2 aliphatic heterocycles. The Morgan fingerprint density at radius 1 is 1.14 bits per heavy atom. The minimum atomic E-state index is -0.122. The van der Waals surface area contributed by atoms with E-state index < -0.39 is 0 Å². The van der Waals surface area contributed by atoms with Gasteiger partial charge in [0, 0.05) is 22.5 Å². The van der Waals surface area contributed by atoms with Crippen LogP contribution in [0.1, 0.15) is 12.8 Å². The third kappa shape index (κ3) is 4.18. The molecule has 4 heterocycles. The second-order valence-corrected chi connectivity index (χ2v) is 10.7. The summed E-state index contributed by atoms with van der Waals surface area (Å²) in [5.74, 6) is 1.23. The lowest BCUT2D eigenvalue weighted by Crippen LogP contribution is -2.59. The second-order valence-electron chi connectivity index (χ2n) is 9.24. The molecule has 1 spiro atoms. The minimum Gasteiger partial charge on any atom is -0.493 e. The fourth-order valence-electron chi connectivity index (χ4n) is 5.05. The molecule has 4 aromatic rings. The van der Waals surface area contributed by atoms with Crippen molar-refractivity contribution in [2.24, 2.45) is 0 Å². The normalized spacial score (nSPS) is 16.9. The van der Waals surface area contributed by atoms with Crippen LogP contribution in [0.2, 0.25) is 5.02 Å². The quantitative estimate of drug-likeness (QED) is 0.339. The van der Waals surface area contributed by atoms with E-state index in [0.29, 0.717) is 39.0 Å². The summed E-state index contributed by atoms with van der Waals surface area (Å²) in [4.78, 5) is 21.3. The lowest BCUT2D eigenvalue weighted by atomic mass is 9.94. The predicted molar refractivity (Wildman–Crippen MR) is 142 cm³/mol. The average Bonchev–Trinajstić information content (AvgIpc) is 3.50. The van der Waals surface area contributed by atoms with Gasteiger partial charge in [-0.05, 0) is 55.3 Å². The largest absolute Gasteiger partial charge is 0.493 e. The monoisotopic (exact) mass is 523 g/mol. The number of ether oxygens (including phenoxy) is 3. The fourth-order valence-corrected chi connectivity index (χ4v) is 6.22. The Balaban J connectivity index is 1.22. The zero-order valence-corrected chi connectivity index (χ0v) is 21.5. The number of rotatable bonds is 7. The molecule has 9 heteroatoms. The van der Waals surface area contributed by atoms with Gasteiger partial charge in [0.2, 0.25) is 0 Å². The molecule has 186 valence electrons. The molecule has 2 aromatic heterocycles. The molecule has 2 aliphatic rings. The highest BCUT2D eigenvalue weighted by atomic mass is 35.5.